The Morgan fingerprint density at radius 2 is 1.84 bits per heavy atom. The van der Waals surface area contributed by atoms with E-state index in [1.807, 2.05) is 13.8 Å². The van der Waals surface area contributed by atoms with Crippen molar-refractivity contribution in [3.05, 3.63) is 12.7 Å². The number of ether oxygens (including phenoxy) is 3. The highest BCUT2D eigenvalue weighted by Gasteiger charge is 2.80. The van der Waals surface area contributed by atoms with E-state index < -0.39 is 63.9 Å². The van der Waals surface area contributed by atoms with Crippen molar-refractivity contribution in [2.45, 2.75) is 108 Å². The molecule has 0 radical (unpaired) electrons. The van der Waals surface area contributed by atoms with Crippen LogP contribution in [-0.4, -0.2) is 69.1 Å². The van der Waals surface area contributed by atoms with Crippen molar-refractivity contribution >= 4 is 5.78 Å². The lowest BCUT2D eigenvalue weighted by molar-refractivity contribution is -0.385. The van der Waals surface area contributed by atoms with E-state index in [2.05, 4.69) is 6.58 Å². The molecule has 0 aromatic heterocycles. The van der Waals surface area contributed by atoms with Gasteiger partial charge in [0.2, 0.25) is 0 Å². The molecule has 0 bridgehead atoms. The summed E-state index contributed by atoms with van der Waals surface area (Å²) in [5.41, 5.74) is -6.47. The first-order valence-corrected chi connectivity index (χ1v) is 11.5. The van der Waals surface area contributed by atoms with Gasteiger partial charge in [0.05, 0.1) is 17.8 Å². The molecule has 2 saturated heterocycles. The van der Waals surface area contributed by atoms with Crippen molar-refractivity contribution in [3.63, 3.8) is 0 Å². The topological polar surface area (TPSA) is 105 Å². The van der Waals surface area contributed by atoms with E-state index >= 15 is 0 Å². The van der Waals surface area contributed by atoms with Crippen LogP contribution in [0, 0.1) is 16.7 Å². The van der Waals surface area contributed by atoms with E-state index in [0.717, 1.165) is 6.42 Å². The van der Waals surface area contributed by atoms with E-state index in [1.165, 1.54) is 0 Å². The molecule has 2 heterocycles. The molecule has 9 atom stereocenters. The predicted molar refractivity (Wildman–Crippen MR) is 113 cm³/mol. The molecule has 3 N–H and O–H groups in total. The summed E-state index contributed by atoms with van der Waals surface area (Å²) in [5.74, 6) is -1.00. The largest absolute Gasteiger partial charge is 0.392 e. The maximum absolute atomic E-state index is 13.8. The molecule has 7 heteroatoms. The molecular weight excluding hydrogens is 400 g/mol. The molecule has 2 aliphatic carbocycles. The van der Waals surface area contributed by atoms with Gasteiger partial charge in [-0.3, -0.25) is 4.79 Å². The Bertz CT molecular complexity index is 761. The van der Waals surface area contributed by atoms with Gasteiger partial charge in [-0.1, -0.05) is 26.8 Å². The molecule has 1 unspecified atom stereocenters. The molecular formula is C24H38O7. The minimum atomic E-state index is -2.06. The Morgan fingerprint density at radius 3 is 2.42 bits per heavy atom. The van der Waals surface area contributed by atoms with Crippen LogP contribution in [0.5, 0.6) is 0 Å². The number of aliphatic hydroxyl groups is 3. The summed E-state index contributed by atoms with van der Waals surface area (Å²) in [7, 11) is 0. The maximum atomic E-state index is 13.8. The molecule has 2 aliphatic heterocycles. The average molecular weight is 439 g/mol. The number of aliphatic hydroxyl groups excluding tert-OH is 2. The van der Waals surface area contributed by atoms with Gasteiger partial charge >= 0.3 is 0 Å². The number of hydrogen-bond donors (Lipinski definition) is 3. The molecule has 4 aliphatic rings. The number of hydrogen-bond acceptors (Lipinski definition) is 7. The zero-order chi connectivity index (χ0) is 23.0. The Kier molecular flexibility index (Phi) is 5.33. The van der Waals surface area contributed by atoms with Gasteiger partial charge in [0.1, 0.15) is 11.7 Å². The van der Waals surface area contributed by atoms with E-state index in [9.17, 15) is 20.1 Å². The number of ketones is 1. The van der Waals surface area contributed by atoms with Gasteiger partial charge in [-0.2, -0.15) is 0 Å². The summed E-state index contributed by atoms with van der Waals surface area (Å²) < 4.78 is 18.4. The number of carbonyl (C=O) groups excluding carboxylic acids is 1. The van der Waals surface area contributed by atoms with Crippen molar-refractivity contribution in [1.82, 2.24) is 0 Å². The summed E-state index contributed by atoms with van der Waals surface area (Å²) in [6.07, 6.45) is 0.449. The highest BCUT2D eigenvalue weighted by molar-refractivity contribution is 5.92. The molecule has 4 fully saturated rings. The van der Waals surface area contributed by atoms with Crippen molar-refractivity contribution in [1.29, 1.82) is 0 Å². The zero-order valence-electron chi connectivity index (χ0n) is 19.4. The fraction of sp³-hybridized carbons (Fsp3) is 0.875. The van der Waals surface area contributed by atoms with Gasteiger partial charge < -0.3 is 29.5 Å². The molecule has 2 saturated carbocycles. The van der Waals surface area contributed by atoms with Crippen molar-refractivity contribution in [3.8, 4) is 0 Å². The van der Waals surface area contributed by atoms with Crippen molar-refractivity contribution in [2.75, 3.05) is 6.61 Å². The van der Waals surface area contributed by atoms with E-state index in [1.54, 1.807) is 26.8 Å². The maximum Gasteiger partial charge on any atom is 0.171 e. The van der Waals surface area contributed by atoms with Crippen LogP contribution in [0.25, 0.3) is 0 Å². The molecule has 176 valence electrons. The molecule has 0 aromatic carbocycles. The van der Waals surface area contributed by atoms with Gasteiger partial charge in [0.15, 0.2) is 17.7 Å². The smallest absolute Gasteiger partial charge is 0.171 e. The molecule has 7 nitrogen and oxygen atoms in total. The number of fused-ring (bicyclic) bond motifs is 3. The molecule has 4 rings (SSSR count). The lowest BCUT2D eigenvalue weighted by Crippen LogP contribution is -2.86. The molecule has 0 aromatic rings. The Hall–Kier alpha value is -0.830. The highest BCUT2D eigenvalue weighted by Crippen LogP contribution is 2.67. The summed E-state index contributed by atoms with van der Waals surface area (Å²) in [5, 5.41) is 35.4. The Balaban J connectivity index is 1.93. The van der Waals surface area contributed by atoms with E-state index in [0.29, 0.717) is 25.9 Å². The zero-order valence-corrected chi connectivity index (χ0v) is 19.4. The number of rotatable bonds is 3. The van der Waals surface area contributed by atoms with E-state index in [4.69, 9.17) is 14.2 Å². The Labute approximate surface area is 184 Å². The quantitative estimate of drug-likeness (QED) is 0.580. The normalized spacial score (nSPS) is 54.2. The van der Waals surface area contributed by atoms with Crippen LogP contribution < -0.4 is 0 Å². The fourth-order valence-electron chi connectivity index (χ4n) is 7.33. The van der Waals surface area contributed by atoms with Crippen LogP contribution >= 0.6 is 0 Å². The van der Waals surface area contributed by atoms with Crippen LogP contribution in [0.3, 0.4) is 0 Å². The molecule has 0 spiro atoms. The van der Waals surface area contributed by atoms with Crippen LogP contribution in [0.15, 0.2) is 12.7 Å². The van der Waals surface area contributed by atoms with Crippen LogP contribution in [0.2, 0.25) is 0 Å². The van der Waals surface area contributed by atoms with Gasteiger partial charge in [-0.25, -0.2) is 0 Å². The van der Waals surface area contributed by atoms with Crippen molar-refractivity contribution in [2.24, 2.45) is 16.7 Å². The number of carbonyl (C=O) groups is 1. The average Bonchev–Trinajstić information content (AvgIpc) is 3.19. The first kappa shape index (κ1) is 23.3. The predicted octanol–water partition coefficient (Wildman–Crippen LogP) is 2.11. The van der Waals surface area contributed by atoms with Crippen LogP contribution in [-0.2, 0) is 19.0 Å². The summed E-state index contributed by atoms with van der Waals surface area (Å²) in [6, 6.07) is 0. The minimum Gasteiger partial charge on any atom is -0.392 e. The second-order valence-electron chi connectivity index (χ2n) is 11.3. The second kappa shape index (κ2) is 7.08. The van der Waals surface area contributed by atoms with Crippen LogP contribution in [0.1, 0.15) is 66.7 Å². The molecule has 31 heavy (non-hydrogen) atoms. The first-order chi connectivity index (χ1) is 14.3. The fourth-order valence-corrected chi connectivity index (χ4v) is 7.33. The van der Waals surface area contributed by atoms with Crippen molar-refractivity contribution < 1.29 is 34.3 Å². The lowest BCUT2D eigenvalue weighted by Gasteiger charge is -2.71. The second-order valence-corrected chi connectivity index (χ2v) is 11.3. The van der Waals surface area contributed by atoms with E-state index in [-0.39, 0.29) is 6.42 Å². The summed E-state index contributed by atoms with van der Waals surface area (Å²) >= 11 is 0. The first-order valence-electron chi connectivity index (χ1n) is 11.5. The van der Waals surface area contributed by atoms with Gasteiger partial charge in [0, 0.05) is 30.8 Å². The summed E-state index contributed by atoms with van der Waals surface area (Å²) in [6.45, 7) is 13.5. The third-order valence-corrected chi connectivity index (χ3v) is 8.91. The highest BCUT2D eigenvalue weighted by atomic mass is 16.7. The third kappa shape index (κ3) is 2.90. The summed E-state index contributed by atoms with van der Waals surface area (Å²) in [4.78, 5) is 13.8. The lowest BCUT2D eigenvalue weighted by atomic mass is 9.40. The molecule has 0 amide bonds. The van der Waals surface area contributed by atoms with Crippen LogP contribution in [0.4, 0.5) is 0 Å². The SMILES string of the molecule is C=C[C@@]1(C)CC(=O)[C@]2(O)[C@@]3(C)[C@@H](O)CCC(C)(C)[C@@H]3[C@H](O)[C@H](OC3CCCO3)[C@@]2(C)O1. The number of Topliss-reactive ketones (excluding diaryl/α,β-unsaturated/α-hetero) is 1. The standard InChI is InChI=1S/C24H38O7/c1-7-21(4)13-15(26)24(28)22(5)14(25)10-11-20(2,3)18(22)17(27)19(23(24,6)31-21)30-16-9-8-12-29-16/h7,14,16-19,25,27-28H,1,8-13H2,2-6H3/t14-,16?,17-,18-,19-,21-,22-,23+,24-/m0/s1. The minimum absolute atomic E-state index is 0.0687. The Morgan fingerprint density at radius 1 is 1.16 bits per heavy atom. The monoisotopic (exact) mass is 438 g/mol. The van der Waals surface area contributed by atoms with Gasteiger partial charge in [-0.05, 0) is 38.5 Å². The van der Waals surface area contributed by atoms with Gasteiger partial charge in [-0.15, -0.1) is 6.58 Å². The van der Waals surface area contributed by atoms with Gasteiger partial charge in [0.25, 0.3) is 0 Å². The third-order valence-electron chi connectivity index (χ3n) is 8.91.